The van der Waals surface area contributed by atoms with Crippen LogP contribution in [0.4, 0.5) is 0 Å². The molecule has 0 radical (unpaired) electrons. The van der Waals surface area contributed by atoms with E-state index in [1.54, 1.807) is 6.07 Å². The summed E-state index contributed by atoms with van der Waals surface area (Å²) in [6.07, 6.45) is 0. The van der Waals surface area contributed by atoms with Crippen molar-refractivity contribution in [2.75, 3.05) is 13.1 Å². The van der Waals surface area contributed by atoms with Crippen LogP contribution in [0.1, 0.15) is 35.3 Å². The summed E-state index contributed by atoms with van der Waals surface area (Å²) in [5, 5.41) is 12.5. The Bertz CT molecular complexity index is 469. The Hall–Kier alpha value is -1.10. The minimum atomic E-state index is -0.854. The van der Waals surface area contributed by atoms with Gasteiger partial charge in [-0.05, 0) is 38.0 Å². The number of aromatic carboxylic acids is 1. The highest BCUT2D eigenvalue weighted by molar-refractivity contribution is 5.89. The highest BCUT2D eigenvalue weighted by Gasteiger charge is 2.24. The summed E-state index contributed by atoms with van der Waals surface area (Å²) in [7, 11) is 0. The van der Waals surface area contributed by atoms with Crippen LogP contribution in [0.15, 0.2) is 18.2 Å². The number of carboxylic acids is 1. The van der Waals surface area contributed by atoms with Crippen molar-refractivity contribution in [2.24, 2.45) is 0 Å². The first kappa shape index (κ1) is 17.0. The summed E-state index contributed by atoms with van der Waals surface area (Å²) in [5.41, 5.74) is 2.41. The third kappa shape index (κ3) is 3.72. The molecular weight excluding hydrogens is 276 g/mol. The molecule has 0 spiro atoms. The number of carbonyl (C=O) groups is 1. The highest BCUT2D eigenvalue weighted by atomic mass is 35.5. The lowest BCUT2D eigenvalue weighted by Gasteiger charge is -2.39. The van der Waals surface area contributed by atoms with Gasteiger partial charge in [0, 0.05) is 31.7 Å². The zero-order valence-electron chi connectivity index (χ0n) is 12.2. The smallest absolute Gasteiger partial charge is 0.335 e. The number of piperazine rings is 1. The van der Waals surface area contributed by atoms with E-state index in [-0.39, 0.29) is 12.4 Å². The Kier molecular flexibility index (Phi) is 5.99. The molecular formula is C15H23ClN2O2. The maximum atomic E-state index is 11.0. The van der Waals surface area contributed by atoms with Crippen molar-refractivity contribution in [3.8, 4) is 0 Å². The minimum Gasteiger partial charge on any atom is -0.478 e. The maximum Gasteiger partial charge on any atom is 0.335 e. The SMILES string of the molecule is Cc1cc(CN2[C@H](C)CNC[C@@H]2C)ccc1C(=O)O.Cl. The van der Waals surface area contributed by atoms with Crippen LogP contribution in [0.25, 0.3) is 0 Å². The van der Waals surface area contributed by atoms with E-state index in [9.17, 15) is 4.79 Å². The van der Waals surface area contributed by atoms with Gasteiger partial charge < -0.3 is 10.4 Å². The lowest BCUT2D eigenvalue weighted by Crippen LogP contribution is -2.54. The molecule has 4 nitrogen and oxygen atoms in total. The number of nitrogens with one attached hydrogen (secondary N) is 1. The second-order valence-corrected chi connectivity index (χ2v) is 5.48. The first-order chi connectivity index (χ1) is 8.99. The number of aryl methyl sites for hydroxylation is 1. The largest absolute Gasteiger partial charge is 0.478 e. The normalized spacial score (nSPS) is 23.1. The van der Waals surface area contributed by atoms with Crippen molar-refractivity contribution in [2.45, 2.75) is 39.4 Å². The fourth-order valence-corrected chi connectivity index (χ4v) is 2.76. The van der Waals surface area contributed by atoms with Crippen LogP contribution < -0.4 is 5.32 Å². The second-order valence-electron chi connectivity index (χ2n) is 5.48. The first-order valence-corrected chi connectivity index (χ1v) is 6.78. The van der Waals surface area contributed by atoms with Gasteiger partial charge in [-0.1, -0.05) is 12.1 Å². The topological polar surface area (TPSA) is 52.6 Å². The van der Waals surface area contributed by atoms with Gasteiger partial charge in [0.1, 0.15) is 0 Å². The molecule has 0 aromatic heterocycles. The average Bonchev–Trinajstić information content (AvgIpc) is 2.33. The van der Waals surface area contributed by atoms with Crippen LogP contribution in [0.3, 0.4) is 0 Å². The molecule has 1 aromatic rings. The Labute approximate surface area is 126 Å². The number of halogens is 1. The first-order valence-electron chi connectivity index (χ1n) is 6.78. The molecule has 1 saturated heterocycles. The minimum absolute atomic E-state index is 0. The molecule has 112 valence electrons. The molecule has 20 heavy (non-hydrogen) atoms. The predicted molar refractivity (Wildman–Crippen MR) is 82.7 cm³/mol. The van der Waals surface area contributed by atoms with E-state index in [4.69, 9.17) is 5.11 Å². The van der Waals surface area contributed by atoms with Gasteiger partial charge in [0.2, 0.25) is 0 Å². The van der Waals surface area contributed by atoms with Crippen molar-refractivity contribution >= 4 is 18.4 Å². The van der Waals surface area contributed by atoms with Gasteiger partial charge in [-0.3, -0.25) is 4.90 Å². The molecule has 1 fully saturated rings. The molecule has 0 unspecified atom stereocenters. The van der Waals surface area contributed by atoms with Crippen LogP contribution in [0.5, 0.6) is 0 Å². The molecule has 0 saturated carbocycles. The molecule has 1 aromatic carbocycles. The number of hydrogen-bond donors (Lipinski definition) is 2. The predicted octanol–water partition coefficient (Wildman–Crippen LogP) is 2.30. The molecule has 0 amide bonds. The quantitative estimate of drug-likeness (QED) is 0.899. The van der Waals surface area contributed by atoms with Crippen LogP contribution in [0.2, 0.25) is 0 Å². The summed E-state index contributed by atoms with van der Waals surface area (Å²) in [5.74, 6) is -0.854. The number of benzene rings is 1. The summed E-state index contributed by atoms with van der Waals surface area (Å²) in [4.78, 5) is 13.5. The van der Waals surface area contributed by atoms with E-state index in [0.717, 1.165) is 25.2 Å². The lowest BCUT2D eigenvalue weighted by atomic mass is 10.0. The van der Waals surface area contributed by atoms with Crippen molar-refractivity contribution in [1.29, 1.82) is 0 Å². The van der Waals surface area contributed by atoms with Crippen LogP contribution >= 0.6 is 12.4 Å². The highest BCUT2D eigenvalue weighted by Crippen LogP contribution is 2.17. The summed E-state index contributed by atoms with van der Waals surface area (Å²) in [6, 6.07) is 6.64. The van der Waals surface area contributed by atoms with Crippen molar-refractivity contribution in [1.82, 2.24) is 10.2 Å². The monoisotopic (exact) mass is 298 g/mol. The summed E-state index contributed by atoms with van der Waals surface area (Å²) in [6.45, 7) is 9.21. The Balaban J connectivity index is 0.00000200. The Morgan fingerprint density at radius 2 is 1.95 bits per heavy atom. The van der Waals surface area contributed by atoms with Gasteiger partial charge in [-0.25, -0.2) is 4.79 Å². The van der Waals surface area contributed by atoms with E-state index in [2.05, 4.69) is 24.1 Å². The van der Waals surface area contributed by atoms with Gasteiger partial charge in [-0.15, -0.1) is 12.4 Å². The molecule has 1 aliphatic heterocycles. The Morgan fingerprint density at radius 1 is 1.35 bits per heavy atom. The molecule has 2 N–H and O–H groups in total. The van der Waals surface area contributed by atoms with Gasteiger partial charge in [0.25, 0.3) is 0 Å². The van der Waals surface area contributed by atoms with Gasteiger partial charge in [-0.2, -0.15) is 0 Å². The summed E-state index contributed by atoms with van der Waals surface area (Å²) < 4.78 is 0. The number of hydrogen-bond acceptors (Lipinski definition) is 3. The lowest BCUT2D eigenvalue weighted by molar-refractivity contribution is 0.0696. The van der Waals surface area contributed by atoms with Gasteiger partial charge in [0.05, 0.1) is 5.56 Å². The third-order valence-corrected chi connectivity index (χ3v) is 3.90. The number of nitrogens with zero attached hydrogens (tertiary/aromatic N) is 1. The third-order valence-electron chi connectivity index (χ3n) is 3.90. The molecule has 5 heteroatoms. The molecule has 0 bridgehead atoms. The number of rotatable bonds is 3. The molecule has 1 heterocycles. The molecule has 2 atom stereocenters. The maximum absolute atomic E-state index is 11.0. The van der Waals surface area contributed by atoms with E-state index >= 15 is 0 Å². The zero-order valence-corrected chi connectivity index (χ0v) is 13.0. The van der Waals surface area contributed by atoms with Crippen molar-refractivity contribution in [3.05, 3.63) is 34.9 Å². The van der Waals surface area contributed by atoms with E-state index in [1.807, 2.05) is 19.1 Å². The molecule has 0 aliphatic carbocycles. The summed E-state index contributed by atoms with van der Waals surface area (Å²) >= 11 is 0. The number of carboxylic acid groups (broad SMARTS) is 1. The van der Waals surface area contributed by atoms with Crippen LogP contribution in [0, 0.1) is 6.92 Å². The zero-order chi connectivity index (χ0) is 14.0. The molecule has 1 aliphatic rings. The van der Waals surface area contributed by atoms with Gasteiger partial charge >= 0.3 is 5.97 Å². The fraction of sp³-hybridized carbons (Fsp3) is 0.533. The van der Waals surface area contributed by atoms with Crippen molar-refractivity contribution < 1.29 is 9.90 Å². The van der Waals surface area contributed by atoms with Crippen molar-refractivity contribution in [3.63, 3.8) is 0 Å². The van der Waals surface area contributed by atoms with Crippen LogP contribution in [-0.4, -0.2) is 41.1 Å². The van der Waals surface area contributed by atoms with E-state index in [0.29, 0.717) is 17.6 Å². The standard InChI is InChI=1S/C15H22N2O2.ClH/c1-10-6-13(4-5-14(10)15(18)19)9-17-11(2)7-16-8-12(17)3;/h4-6,11-12,16H,7-9H2,1-3H3,(H,18,19);1H/t11-,12+;. The molecule has 2 rings (SSSR count). The fourth-order valence-electron chi connectivity index (χ4n) is 2.76. The average molecular weight is 299 g/mol. The van der Waals surface area contributed by atoms with E-state index in [1.165, 1.54) is 5.56 Å². The second kappa shape index (κ2) is 7.07. The van der Waals surface area contributed by atoms with Gasteiger partial charge in [0.15, 0.2) is 0 Å². The van der Waals surface area contributed by atoms with E-state index < -0.39 is 5.97 Å². The Morgan fingerprint density at radius 3 is 2.45 bits per heavy atom. The van der Waals surface area contributed by atoms with Crippen LogP contribution in [-0.2, 0) is 6.54 Å².